The smallest absolute Gasteiger partial charge is 0.324 e. The van der Waals surface area contributed by atoms with Gasteiger partial charge in [0, 0.05) is 12.8 Å². The van der Waals surface area contributed by atoms with Crippen LogP contribution in [-0.4, -0.2) is 29.5 Å². The van der Waals surface area contributed by atoms with E-state index in [1.54, 1.807) is 0 Å². The van der Waals surface area contributed by atoms with E-state index in [4.69, 9.17) is 18.9 Å². The minimum absolute atomic E-state index is 0.119. The van der Waals surface area contributed by atoms with Crippen molar-refractivity contribution < 1.29 is 38.1 Å². The zero-order chi connectivity index (χ0) is 43.2. The Morgan fingerprint density at radius 2 is 0.683 bits per heavy atom. The first-order valence-electron chi connectivity index (χ1n) is 22.9. The molecule has 0 saturated carbocycles. The summed E-state index contributed by atoms with van der Waals surface area (Å²) in [5.41, 5.74) is 0.820. The van der Waals surface area contributed by atoms with Crippen LogP contribution in [0.5, 0.6) is 0 Å². The molecule has 330 valence electrons. The van der Waals surface area contributed by atoms with Crippen molar-refractivity contribution in [2.45, 2.75) is 187 Å². The highest BCUT2D eigenvalue weighted by molar-refractivity contribution is 6.00. The maximum atomic E-state index is 14.1. The molecule has 8 nitrogen and oxygen atoms in total. The van der Waals surface area contributed by atoms with Crippen LogP contribution < -0.4 is 0 Å². The van der Waals surface area contributed by atoms with E-state index >= 15 is 0 Å². The van der Waals surface area contributed by atoms with Gasteiger partial charge >= 0.3 is 23.9 Å². The third-order valence-corrected chi connectivity index (χ3v) is 10.8. The average molecular weight is 827 g/mol. The molecule has 0 unspecified atom stereocenters. The van der Waals surface area contributed by atoms with Gasteiger partial charge in [0.15, 0.2) is 5.41 Å². The molecule has 0 aliphatic heterocycles. The van der Waals surface area contributed by atoms with Crippen LogP contribution >= 0.6 is 0 Å². The first kappa shape index (κ1) is 49.9. The number of rotatable bonds is 32. The Bertz CT molecular complexity index is 1520. The van der Waals surface area contributed by atoms with Gasteiger partial charge in [-0.3, -0.25) is 19.2 Å². The molecule has 3 aromatic rings. The van der Waals surface area contributed by atoms with Crippen LogP contribution in [0.4, 0.5) is 0 Å². The lowest BCUT2D eigenvalue weighted by Gasteiger charge is -2.33. The van der Waals surface area contributed by atoms with Crippen LogP contribution in [0.1, 0.15) is 179 Å². The van der Waals surface area contributed by atoms with Crippen LogP contribution in [-0.2, 0) is 57.9 Å². The molecule has 0 radical (unpaired) electrons. The van der Waals surface area contributed by atoms with E-state index in [1.807, 2.05) is 112 Å². The molecule has 0 N–H and O–H groups in total. The third-order valence-electron chi connectivity index (χ3n) is 10.8. The van der Waals surface area contributed by atoms with Gasteiger partial charge in [0.2, 0.25) is 0 Å². The zero-order valence-electron chi connectivity index (χ0n) is 37.1. The van der Waals surface area contributed by atoms with Crippen molar-refractivity contribution in [1.29, 1.82) is 0 Å². The molecule has 0 spiro atoms. The number of carbonyl (C=O) groups is 4. The minimum atomic E-state index is -1.34. The standard InChI is InChI=1S/C52H74O8/c1-51(2,3)60-50(56)52(49(55)59-43-46-35-25-20-26-36-46,39-29-16-12-8-4-6-10-14-27-37-47(53)57-41-44-31-21-18-22-32-44)40-30-17-13-9-5-7-11-15-28-38-48(54)58-42-45-33-23-19-24-34-45/h18-26,31-36H,4-17,27-30,37-43H2,1-3H3. The molecule has 0 aromatic heterocycles. The van der Waals surface area contributed by atoms with Crippen molar-refractivity contribution in [2.24, 2.45) is 5.41 Å². The van der Waals surface area contributed by atoms with Gasteiger partial charge in [-0.05, 0) is 63.1 Å². The number of hydrogen-bond donors (Lipinski definition) is 0. The molecule has 0 heterocycles. The molecule has 3 rings (SSSR count). The fourth-order valence-corrected chi connectivity index (χ4v) is 7.34. The topological polar surface area (TPSA) is 105 Å². The summed E-state index contributed by atoms with van der Waals surface area (Å²) in [5, 5.41) is 0. The Labute approximate surface area is 361 Å². The number of esters is 4. The van der Waals surface area contributed by atoms with E-state index in [2.05, 4.69) is 0 Å². The Hall–Kier alpha value is -4.46. The van der Waals surface area contributed by atoms with E-state index in [9.17, 15) is 19.2 Å². The van der Waals surface area contributed by atoms with Gasteiger partial charge in [-0.1, -0.05) is 194 Å². The Morgan fingerprint density at radius 1 is 0.383 bits per heavy atom. The van der Waals surface area contributed by atoms with Crippen LogP contribution in [0.15, 0.2) is 91.0 Å². The lowest BCUT2D eigenvalue weighted by molar-refractivity contribution is -0.182. The number of ether oxygens (including phenoxy) is 4. The fraction of sp³-hybridized carbons (Fsp3) is 0.577. The molecule has 0 atom stereocenters. The third kappa shape index (κ3) is 22.2. The second-order valence-electron chi connectivity index (χ2n) is 17.3. The first-order chi connectivity index (χ1) is 29.1. The number of hydrogen-bond acceptors (Lipinski definition) is 8. The molecular formula is C52H74O8. The summed E-state index contributed by atoms with van der Waals surface area (Å²) in [4.78, 5) is 52.3. The van der Waals surface area contributed by atoms with Crippen molar-refractivity contribution in [3.8, 4) is 0 Å². The molecular weight excluding hydrogens is 753 g/mol. The molecule has 0 bridgehead atoms. The SMILES string of the molecule is CC(C)(C)OC(=O)C(CCCCCCCCCCCC(=O)OCc1ccccc1)(CCCCCCCCCCCC(=O)OCc1ccccc1)C(=O)OCc1ccccc1. The van der Waals surface area contributed by atoms with E-state index < -0.39 is 23.0 Å². The highest BCUT2D eigenvalue weighted by Gasteiger charge is 2.49. The van der Waals surface area contributed by atoms with Gasteiger partial charge in [-0.2, -0.15) is 0 Å². The van der Waals surface area contributed by atoms with E-state index in [0.717, 1.165) is 132 Å². The lowest BCUT2D eigenvalue weighted by Crippen LogP contribution is -2.44. The first-order valence-corrected chi connectivity index (χ1v) is 22.9. The number of unbranched alkanes of at least 4 members (excludes halogenated alkanes) is 16. The predicted octanol–water partition coefficient (Wildman–Crippen LogP) is 13.1. The van der Waals surface area contributed by atoms with Gasteiger partial charge in [0.25, 0.3) is 0 Å². The van der Waals surface area contributed by atoms with Crippen LogP contribution in [0, 0.1) is 5.41 Å². The van der Waals surface area contributed by atoms with Gasteiger partial charge in [0.1, 0.15) is 25.4 Å². The van der Waals surface area contributed by atoms with Crippen molar-refractivity contribution in [3.63, 3.8) is 0 Å². The zero-order valence-corrected chi connectivity index (χ0v) is 37.1. The predicted molar refractivity (Wildman–Crippen MR) is 239 cm³/mol. The molecule has 3 aromatic carbocycles. The van der Waals surface area contributed by atoms with E-state index in [-0.39, 0.29) is 18.5 Å². The molecule has 0 fully saturated rings. The minimum Gasteiger partial charge on any atom is -0.461 e. The molecule has 0 aliphatic carbocycles. The molecule has 8 heteroatoms. The molecule has 0 saturated heterocycles. The quantitative estimate of drug-likeness (QED) is 0.0265. The summed E-state index contributed by atoms with van der Waals surface area (Å²) in [6, 6.07) is 29.1. The average Bonchev–Trinajstić information content (AvgIpc) is 3.24. The highest BCUT2D eigenvalue weighted by atomic mass is 16.6. The van der Waals surface area contributed by atoms with Crippen LogP contribution in [0.2, 0.25) is 0 Å². The van der Waals surface area contributed by atoms with Crippen LogP contribution in [0.25, 0.3) is 0 Å². The number of benzene rings is 3. The van der Waals surface area contributed by atoms with Gasteiger partial charge in [-0.15, -0.1) is 0 Å². The Kier molecular flexibility index (Phi) is 24.7. The summed E-state index contributed by atoms with van der Waals surface area (Å²) in [6.45, 7) is 6.32. The summed E-state index contributed by atoms with van der Waals surface area (Å²) in [7, 11) is 0. The molecule has 60 heavy (non-hydrogen) atoms. The summed E-state index contributed by atoms with van der Waals surface area (Å²) >= 11 is 0. The summed E-state index contributed by atoms with van der Waals surface area (Å²) < 4.78 is 22.6. The van der Waals surface area contributed by atoms with Gasteiger partial charge in [0.05, 0.1) is 0 Å². The Morgan fingerprint density at radius 3 is 1.02 bits per heavy atom. The summed E-state index contributed by atoms with van der Waals surface area (Å²) in [6.07, 6.45) is 19.7. The summed E-state index contributed by atoms with van der Waals surface area (Å²) in [5.74, 6) is -1.23. The highest BCUT2D eigenvalue weighted by Crippen LogP contribution is 2.37. The van der Waals surface area contributed by atoms with Gasteiger partial charge < -0.3 is 18.9 Å². The normalized spacial score (nSPS) is 11.5. The van der Waals surface area contributed by atoms with Crippen LogP contribution in [0.3, 0.4) is 0 Å². The molecule has 0 aliphatic rings. The Balaban J connectivity index is 1.38. The van der Waals surface area contributed by atoms with Crippen molar-refractivity contribution in [3.05, 3.63) is 108 Å². The molecule has 0 amide bonds. The van der Waals surface area contributed by atoms with E-state index in [1.165, 1.54) is 0 Å². The van der Waals surface area contributed by atoms with Crippen molar-refractivity contribution in [1.82, 2.24) is 0 Å². The largest absolute Gasteiger partial charge is 0.461 e. The second kappa shape index (κ2) is 29.7. The second-order valence-corrected chi connectivity index (χ2v) is 17.3. The van der Waals surface area contributed by atoms with Crippen molar-refractivity contribution in [2.75, 3.05) is 0 Å². The maximum absolute atomic E-state index is 14.1. The maximum Gasteiger partial charge on any atom is 0.324 e. The van der Waals surface area contributed by atoms with E-state index in [0.29, 0.717) is 38.9 Å². The fourth-order valence-electron chi connectivity index (χ4n) is 7.34. The lowest BCUT2D eigenvalue weighted by atomic mass is 9.77. The number of carbonyl (C=O) groups excluding carboxylic acids is 4. The van der Waals surface area contributed by atoms with Crippen molar-refractivity contribution >= 4 is 23.9 Å². The monoisotopic (exact) mass is 827 g/mol. The van der Waals surface area contributed by atoms with Gasteiger partial charge in [-0.25, -0.2) is 0 Å².